The van der Waals surface area contributed by atoms with Gasteiger partial charge in [0.2, 0.25) is 5.91 Å². The lowest BCUT2D eigenvalue weighted by Crippen LogP contribution is -2.50. The zero-order valence-corrected chi connectivity index (χ0v) is 17.6. The molecule has 0 spiro atoms. The SMILES string of the molecule is CCNC(=O)[C@H](CC)N(Cc1cccc(OC)c1)C(=O)COc1ccc(C)cc1. The Balaban J connectivity index is 2.20. The Kier molecular flexibility index (Phi) is 8.52. The molecule has 0 aromatic heterocycles. The summed E-state index contributed by atoms with van der Waals surface area (Å²) in [6.45, 7) is 6.41. The molecule has 0 unspecified atom stereocenters. The molecule has 2 rings (SSSR count). The summed E-state index contributed by atoms with van der Waals surface area (Å²) in [5, 5.41) is 2.82. The Hall–Kier alpha value is -3.02. The third kappa shape index (κ3) is 6.52. The number of ether oxygens (including phenoxy) is 2. The van der Waals surface area contributed by atoms with Crippen LogP contribution in [0.4, 0.5) is 0 Å². The minimum absolute atomic E-state index is 0.136. The van der Waals surface area contributed by atoms with E-state index in [9.17, 15) is 9.59 Å². The average molecular weight is 399 g/mol. The maximum absolute atomic E-state index is 13.0. The third-order valence-electron chi connectivity index (χ3n) is 4.61. The van der Waals surface area contributed by atoms with Crippen molar-refractivity contribution >= 4 is 11.8 Å². The van der Waals surface area contributed by atoms with Gasteiger partial charge >= 0.3 is 0 Å². The lowest BCUT2D eigenvalue weighted by molar-refractivity contribution is -0.142. The second kappa shape index (κ2) is 11.1. The third-order valence-corrected chi connectivity index (χ3v) is 4.61. The molecule has 29 heavy (non-hydrogen) atoms. The summed E-state index contributed by atoms with van der Waals surface area (Å²) < 4.78 is 11.0. The van der Waals surface area contributed by atoms with Crippen LogP contribution >= 0.6 is 0 Å². The predicted octanol–water partition coefficient (Wildman–Crippen LogP) is 3.33. The molecule has 6 nitrogen and oxygen atoms in total. The first-order chi connectivity index (χ1) is 14.0. The lowest BCUT2D eigenvalue weighted by atomic mass is 10.1. The molecule has 1 atom stereocenters. The van der Waals surface area contributed by atoms with Gasteiger partial charge in [0.15, 0.2) is 6.61 Å². The van der Waals surface area contributed by atoms with Gasteiger partial charge in [0.25, 0.3) is 5.91 Å². The first kappa shape index (κ1) is 22.3. The van der Waals surface area contributed by atoms with Crippen LogP contribution in [0.2, 0.25) is 0 Å². The summed E-state index contributed by atoms with van der Waals surface area (Å²) in [6, 6.07) is 14.4. The maximum Gasteiger partial charge on any atom is 0.261 e. The van der Waals surface area contributed by atoms with Crippen LogP contribution in [-0.4, -0.2) is 43.0 Å². The van der Waals surface area contributed by atoms with Gasteiger partial charge in [0.05, 0.1) is 7.11 Å². The molecular weight excluding hydrogens is 368 g/mol. The summed E-state index contributed by atoms with van der Waals surface area (Å²) in [7, 11) is 1.60. The first-order valence-electron chi connectivity index (χ1n) is 9.88. The van der Waals surface area contributed by atoms with Crippen LogP contribution in [0.3, 0.4) is 0 Å². The van der Waals surface area contributed by atoms with Crippen molar-refractivity contribution < 1.29 is 19.1 Å². The van der Waals surface area contributed by atoms with Crippen LogP contribution in [0.5, 0.6) is 11.5 Å². The number of methoxy groups -OCH3 is 1. The minimum atomic E-state index is -0.574. The minimum Gasteiger partial charge on any atom is -0.497 e. The molecule has 0 saturated heterocycles. The maximum atomic E-state index is 13.0. The van der Waals surface area contributed by atoms with E-state index in [0.717, 1.165) is 11.1 Å². The van der Waals surface area contributed by atoms with Gasteiger partial charge in [-0.1, -0.05) is 36.8 Å². The quantitative estimate of drug-likeness (QED) is 0.667. The number of amides is 2. The van der Waals surface area contributed by atoms with Crippen molar-refractivity contribution in [2.45, 2.75) is 39.8 Å². The summed E-state index contributed by atoms with van der Waals surface area (Å²) in [5.74, 6) is 0.918. The monoisotopic (exact) mass is 398 g/mol. The van der Waals surface area contributed by atoms with Gasteiger partial charge in [0.1, 0.15) is 17.5 Å². The van der Waals surface area contributed by atoms with Crippen molar-refractivity contribution in [2.75, 3.05) is 20.3 Å². The topological polar surface area (TPSA) is 67.9 Å². The number of nitrogens with one attached hydrogen (secondary N) is 1. The van der Waals surface area contributed by atoms with E-state index >= 15 is 0 Å². The highest BCUT2D eigenvalue weighted by Crippen LogP contribution is 2.18. The van der Waals surface area contributed by atoms with Gasteiger partial charge in [-0.15, -0.1) is 0 Å². The second-order valence-corrected chi connectivity index (χ2v) is 6.79. The average Bonchev–Trinajstić information content (AvgIpc) is 2.73. The summed E-state index contributed by atoms with van der Waals surface area (Å²) >= 11 is 0. The number of nitrogens with zero attached hydrogens (tertiary/aromatic N) is 1. The molecule has 156 valence electrons. The largest absolute Gasteiger partial charge is 0.497 e. The van der Waals surface area contributed by atoms with E-state index in [1.165, 1.54) is 0 Å². The molecule has 0 fully saturated rings. The fraction of sp³-hybridized carbons (Fsp3) is 0.391. The van der Waals surface area contributed by atoms with Crippen LogP contribution in [0.15, 0.2) is 48.5 Å². The molecule has 0 aliphatic heterocycles. The molecule has 0 heterocycles. The Morgan fingerprint density at radius 1 is 1.07 bits per heavy atom. The van der Waals surface area contributed by atoms with Crippen LogP contribution in [0, 0.1) is 6.92 Å². The van der Waals surface area contributed by atoms with E-state index in [1.54, 1.807) is 12.0 Å². The number of rotatable bonds is 10. The fourth-order valence-electron chi connectivity index (χ4n) is 3.04. The van der Waals surface area contributed by atoms with Crippen LogP contribution in [0.25, 0.3) is 0 Å². The normalized spacial score (nSPS) is 11.4. The molecular formula is C23H30N2O4. The molecule has 2 aromatic carbocycles. The molecule has 2 amide bonds. The van der Waals surface area contributed by atoms with E-state index in [4.69, 9.17) is 9.47 Å². The Morgan fingerprint density at radius 2 is 1.79 bits per heavy atom. The molecule has 0 saturated carbocycles. The van der Waals surface area contributed by atoms with Gasteiger partial charge in [-0.05, 0) is 50.1 Å². The number of carbonyl (C=O) groups excluding carboxylic acids is 2. The van der Waals surface area contributed by atoms with Crippen molar-refractivity contribution in [3.05, 3.63) is 59.7 Å². The van der Waals surface area contributed by atoms with Crippen molar-refractivity contribution in [3.8, 4) is 11.5 Å². The summed E-state index contributed by atoms with van der Waals surface area (Å²) in [5.41, 5.74) is 2.00. The van der Waals surface area contributed by atoms with E-state index in [0.29, 0.717) is 31.0 Å². The smallest absolute Gasteiger partial charge is 0.261 e. The highest BCUT2D eigenvalue weighted by atomic mass is 16.5. The van der Waals surface area contributed by atoms with Gasteiger partial charge in [-0.3, -0.25) is 9.59 Å². The number of likely N-dealkylation sites (N-methyl/N-ethyl adjacent to an activating group) is 1. The molecule has 0 aliphatic carbocycles. The van der Waals surface area contributed by atoms with Crippen LogP contribution in [0.1, 0.15) is 31.4 Å². The van der Waals surface area contributed by atoms with Crippen molar-refractivity contribution in [3.63, 3.8) is 0 Å². The zero-order chi connectivity index (χ0) is 21.2. The zero-order valence-electron chi connectivity index (χ0n) is 17.6. The fourth-order valence-corrected chi connectivity index (χ4v) is 3.04. The molecule has 6 heteroatoms. The van der Waals surface area contributed by atoms with Crippen molar-refractivity contribution in [1.29, 1.82) is 0 Å². The number of hydrogen-bond donors (Lipinski definition) is 1. The number of aryl methyl sites for hydroxylation is 1. The summed E-state index contributed by atoms with van der Waals surface area (Å²) in [4.78, 5) is 27.2. The Bertz CT molecular complexity index is 805. The molecule has 0 aliphatic rings. The molecule has 0 radical (unpaired) electrons. The van der Waals surface area contributed by atoms with Gasteiger partial charge in [0, 0.05) is 13.1 Å². The van der Waals surface area contributed by atoms with Gasteiger partial charge < -0.3 is 19.7 Å². The first-order valence-corrected chi connectivity index (χ1v) is 9.88. The van der Waals surface area contributed by atoms with Crippen LogP contribution < -0.4 is 14.8 Å². The lowest BCUT2D eigenvalue weighted by Gasteiger charge is -2.30. The molecule has 1 N–H and O–H groups in total. The second-order valence-electron chi connectivity index (χ2n) is 6.79. The van der Waals surface area contributed by atoms with Gasteiger partial charge in [-0.2, -0.15) is 0 Å². The van der Waals surface area contributed by atoms with E-state index < -0.39 is 6.04 Å². The van der Waals surface area contributed by atoms with Crippen molar-refractivity contribution in [1.82, 2.24) is 10.2 Å². The Labute approximate surface area is 172 Å². The molecule has 2 aromatic rings. The van der Waals surface area contributed by atoms with Crippen molar-refractivity contribution in [2.24, 2.45) is 0 Å². The summed E-state index contributed by atoms with van der Waals surface area (Å²) in [6.07, 6.45) is 0.506. The van der Waals surface area contributed by atoms with E-state index in [-0.39, 0.29) is 18.4 Å². The Morgan fingerprint density at radius 3 is 2.41 bits per heavy atom. The highest BCUT2D eigenvalue weighted by molar-refractivity contribution is 5.88. The number of carbonyl (C=O) groups is 2. The van der Waals surface area contributed by atoms with Gasteiger partial charge in [-0.25, -0.2) is 0 Å². The van der Waals surface area contributed by atoms with Crippen LogP contribution in [-0.2, 0) is 16.1 Å². The highest BCUT2D eigenvalue weighted by Gasteiger charge is 2.28. The van der Waals surface area contributed by atoms with E-state index in [2.05, 4.69) is 5.32 Å². The predicted molar refractivity (Wildman–Crippen MR) is 113 cm³/mol. The van der Waals surface area contributed by atoms with E-state index in [1.807, 2.05) is 69.3 Å². The number of benzene rings is 2. The standard InChI is InChI=1S/C23H30N2O4/c1-5-21(23(27)24-6-2)25(15-18-8-7-9-20(14-18)28-4)22(26)16-29-19-12-10-17(3)11-13-19/h7-14,21H,5-6,15-16H2,1-4H3,(H,24,27)/t21-/m0/s1. The molecule has 0 bridgehead atoms. The number of hydrogen-bond acceptors (Lipinski definition) is 4.